The first kappa shape index (κ1) is 14.4. The van der Waals surface area contributed by atoms with E-state index in [1.807, 2.05) is 0 Å². The fourth-order valence-corrected chi connectivity index (χ4v) is 2.84. The molecule has 1 unspecified atom stereocenters. The Morgan fingerprint density at radius 3 is 2.45 bits per heavy atom. The van der Waals surface area contributed by atoms with Crippen LogP contribution < -0.4 is 5.32 Å². The minimum Gasteiger partial charge on any atom is -0.321 e. The van der Waals surface area contributed by atoms with E-state index in [1.54, 1.807) is 25.1 Å². The van der Waals surface area contributed by atoms with Crippen molar-refractivity contribution >= 4 is 17.4 Å². The third kappa shape index (κ3) is 2.28. The fraction of sp³-hybridized carbons (Fsp3) is 0.176. The Morgan fingerprint density at radius 2 is 1.77 bits per heavy atom. The smallest absolute Gasteiger partial charge is 0.232 e. The van der Waals surface area contributed by atoms with Crippen LogP contribution in [-0.4, -0.2) is 11.7 Å². The molecule has 3 rings (SSSR count). The van der Waals surface area contributed by atoms with Crippen molar-refractivity contribution in [3.63, 3.8) is 0 Å². The highest BCUT2D eigenvalue weighted by Gasteiger charge is 2.35. The van der Waals surface area contributed by atoms with Crippen LogP contribution in [0.3, 0.4) is 0 Å². The fourth-order valence-electron chi connectivity index (χ4n) is 2.84. The first-order valence-corrected chi connectivity index (χ1v) is 6.86. The van der Waals surface area contributed by atoms with Gasteiger partial charge in [0, 0.05) is 12.0 Å². The number of amides is 1. The van der Waals surface area contributed by atoms with Gasteiger partial charge in [0.15, 0.2) is 5.78 Å². The van der Waals surface area contributed by atoms with Crippen LogP contribution in [0.1, 0.15) is 33.8 Å². The van der Waals surface area contributed by atoms with Crippen LogP contribution in [-0.2, 0) is 4.79 Å². The predicted molar refractivity (Wildman–Crippen MR) is 77.9 cm³/mol. The molecule has 22 heavy (non-hydrogen) atoms. The van der Waals surface area contributed by atoms with E-state index < -0.39 is 29.1 Å². The van der Waals surface area contributed by atoms with E-state index in [0.717, 1.165) is 17.7 Å². The molecule has 1 amide bonds. The molecule has 1 N–H and O–H groups in total. The summed E-state index contributed by atoms with van der Waals surface area (Å²) in [4.78, 5) is 24.4. The van der Waals surface area contributed by atoms with Crippen molar-refractivity contribution in [3.8, 4) is 0 Å². The zero-order valence-electron chi connectivity index (χ0n) is 11.8. The van der Waals surface area contributed by atoms with E-state index in [0.29, 0.717) is 11.1 Å². The van der Waals surface area contributed by atoms with Crippen molar-refractivity contribution in [1.29, 1.82) is 0 Å². The first-order valence-electron chi connectivity index (χ1n) is 6.86. The van der Waals surface area contributed by atoms with Gasteiger partial charge in [-0.2, -0.15) is 0 Å². The quantitative estimate of drug-likeness (QED) is 0.921. The normalized spacial score (nSPS) is 16.5. The third-order valence-corrected chi connectivity index (χ3v) is 3.89. The summed E-state index contributed by atoms with van der Waals surface area (Å²) in [6, 6.07) is 8.58. The molecule has 3 nitrogen and oxygen atoms in total. The standard InChI is InChI=1S/C17H13F2NO2/c1-9-4-2-5-10-14(21)8-11(15(9)10)17(22)20-16-12(18)6-3-7-13(16)19/h2-7,11H,8H2,1H3,(H,20,22). The average Bonchev–Trinajstić information content (AvgIpc) is 2.82. The molecule has 0 saturated heterocycles. The molecule has 1 atom stereocenters. The minimum absolute atomic E-state index is 0.0160. The highest BCUT2D eigenvalue weighted by Crippen LogP contribution is 2.36. The van der Waals surface area contributed by atoms with Crippen LogP contribution in [0.2, 0.25) is 0 Å². The largest absolute Gasteiger partial charge is 0.321 e. The first-order chi connectivity index (χ1) is 10.5. The molecule has 2 aromatic carbocycles. The Bertz CT molecular complexity index is 766. The highest BCUT2D eigenvalue weighted by molar-refractivity contribution is 6.09. The molecule has 0 fully saturated rings. The number of hydrogen-bond acceptors (Lipinski definition) is 2. The van der Waals surface area contributed by atoms with Gasteiger partial charge in [0.25, 0.3) is 0 Å². The number of benzene rings is 2. The minimum atomic E-state index is -0.845. The molecule has 2 aromatic rings. The summed E-state index contributed by atoms with van der Waals surface area (Å²) in [5.74, 6) is -3.12. The van der Waals surface area contributed by atoms with Crippen molar-refractivity contribution in [2.75, 3.05) is 5.32 Å². The van der Waals surface area contributed by atoms with Gasteiger partial charge in [-0.1, -0.05) is 24.3 Å². The second-order valence-corrected chi connectivity index (χ2v) is 5.30. The number of carbonyl (C=O) groups is 2. The highest BCUT2D eigenvalue weighted by atomic mass is 19.1. The lowest BCUT2D eigenvalue weighted by atomic mass is 9.96. The zero-order chi connectivity index (χ0) is 15.9. The molecule has 0 aromatic heterocycles. The van der Waals surface area contributed by atoms with Gasteiger partial charge in [0.1, 0.15) is 17.3 Å². The number of nitrogens with one attached hydrogen (secondary N) is 1. The second kappa shape index (κ2) is 5.33. The number of hydrogen-bond donors (Lipinski definition) is 1. The van der Waals surface area contributed by atoms with E-state index in [-0.39, 0.29) is 12.2 Å². The zero-order valence-corrected chi connectivity index (χ0v) is 11.8. The summed E-state index contributed by atoms with van der Waals surface area (Å²) < 4.78 is 27.3. The molecule has 0 spiro atoms. The number of halogens is 2. The van der Waals surface area contributed by atoms with E-state index in [1.165, 1.54) is 6.07 Å². The van der Waals surface area contributed by atoms with Gasteiger partial charge < -0.3 is 5.32 Å². The molecule has 112 valence electrons. The number of fused-ring (bicyclic) bond motifs is 1. The number of para-hydroxylation sites is 1. The number of Topliss-reactive ketones (excluding diaryl/α,β-unsaturated/α-hetero) is 1. The molecular weight excluding hydrogens is 288 g/mol. The number of ketones is 1. The van der Waals surface area contributed by atoms with Crippen molar-refractivity contribution < 1.29 is 18.4 Å². The number of rotatable bonds is 2. The van der Waals surface area contributed by atoms with Crippen molar-refractivity contribution in [1.82, 2.24) is 0 Å². The summed E-state index contributed by atoms with van der Waals surface area (Å²) >= 11 is 0. The van der Waals surface area contributed by atoms with Crippen LogP contribution in [0.15, 0.2) is 36.4 Å². The van der Waals surface area contributed by atoms with Gasteiger partial charge in [0.2, 0.25) is 5.91 Å². The maximum Gasteiger partial charge on any atom is 0.232 e. The topological polar surface area (TPSA) is 46.2 Å². The van der Waals surface area contributed by atoms with Crippen LogP contribution >= 0.6 is 0 Å². The van der Waals surface area contributed by atoms with Crippen LogP contribution in [0.4, 0.5) is 14.5 Å². The lowest BCUT2D eigenvalue weighted by Crippen LogP contribution is -2.21. The van der Waals surface area contributed by atoms with E-state index in [2.05, 4.69) is 5.32 Å². The van der Waals surface area contributed by atoms with Gasteiger partial charge >= 0.3 is 0 Å². The van der Waals surface area contributed by atoms with Gasteiger partial charge in [-0.15, -0.1) is 0 Å². The van der Waals surface area contributed by atoms with Crippen molar-refractivity contribution in [2.24, 2.45) is 0 Å². The van der Waals surface area contributed by atoms with E-state index in [4.69, 9.17) is 0 Å². The second-order valence-electron chi connectivity index (χ2n) is 5.30. The van der Waals surface area contributed by atoms with Gasteiger partial charge in [-0.3, -0.25) is 9.59 Å². The maximum absolute atomic E-state index is 13.6. The summed E-state index contributed by atoms with van der Waals surface area (Å²) in [5.41, 5.74) is 1.48. The lowest BCUT2D eigenvalue weighted by molar-refractivity contribution is -0.117. The predicted octanol–water partition coefficient (Wildman–Crippen LogP) is 3.58. The summed E-state index contributed by atoms with van der Waals surface area (Å²) in [6.45, 7) is 1.81. The van der Waals surface area contributed by atoms with Gasteiger partial charge in [0.05, 0.1) is 5.92 Å². The summed E-state index contributed by atoms with van der Waals surface area (Å²) in [7, 11) is 0. The summed E-state index contributed by atoms with van der Waals surface area (Å²) in [6.07, 6.45) is 0.0160. The number of aryl methyl sites for hydroxylation is 1. The van der Waals surface area contributed by atoms with Crippen LogP contribution in [0.25, 0.3) is 0 Å². The van der Waals surface area contributed by atoms with Crippen molar-refractivity contribution in [2.45, 2.75) is 19.3 Å². The molecule has 0 saturated carbocycles. The lowest BCUT2D eigenvalue weighted by Gasteiger charge is -2.14. The molecule has 0 aliphatic heterocycles. The number of carbonyl (C=O) groups excluding carboxylic acids is 2. The molecular formula is C17H13F2NO2. The Morgan fingerprint density at radius 1 is 1.14 bits per heavy atom. The SMILES string of the molecule is Cc1cccc2c1C(C(=O)Nc1c(F)cccc1F)CC2=O. The van der Waals surface area contributed by atoms with Gasteiger partial charge in [-0.05, 0) is 30.2 Å². The van der Waals surface area contributed by atoms with Crippen LogP contribution in [0.5, 0.6) is 0 Å². The molecule has 1 aliphatic carbocycles. The maximum atomic E-state index is 13.6. The van der Waals surface area contributed by atoms with E-state index >= 15 is 0 Å². The van der Waals surface area contributed by atoms with Crippen molar-refractivity contribution in [3.05, 3.63) is 64.7 Å². The molecule has 5 heteroatoms. The van der Waals surface area contributed by atoms with Gasteiger partial charge in [-0.25, -0.2) is 8.78 Å². The average molecular weight is 301 g/mol. The molecule has 1 aliphatic rings. The summed E-state index contributed by atoms with van der Waals surface area (Å²) in [5, 5.41) is 2.27. The van der Waals surface area contributed by atoms with E-state index in [9.17, 15) is 18.4 Å². The Labute approximate surface area is 126 Å². The Kier molecular flexibility index (Phi) is 3.48. The Hall–Kier alpha value is -2.56. The third-order valence-electron chi connectivity index (χ3n) is 3.89. The number of anilines is 1. The van der Waals surface area contributed by atoms with Crippen LogP contribution in [0, 0.1) is 18.6 Å². The monoisotopic (exact) mass is 301 g/mol. The Balaban J connectivity index is 1.94. The molecule has 0 radical (unpaired) electrons. The molecule has 0 bridgehead atoms. The molecule has 0 heterocycles.